The molecule has 0 fully saturated rings. The van der Waals surface area contributed by atoms with Crippen LogP contribution in [0.5, 0.6) is 0 Å². The zero-order valence-electron chi connectivity index (χ0n) is 8.63. The lowest BCUT2D eigenvalue weighted by molar-refractivity contribution is 0.438. The molecule has 0 aliphatic carbocycles. The Hall–Kier alpha value is -1.36. The van der Waals surface area contributed by atoms with E-state index in [4.69, 9.17) is 10.3 Å². The second-order valence-electron chi connectivity index (χ2n) is 3.32. The molecule has 0 aliphatic rings. The highest BCUT2D eigenvalue weighted by Gasteiger charge is 2.19. The SMILES string of the molecule is CCc1c(-c2c(F)cccc2Br)noc1N. The lowest BCUT2D eigenvalue weighted by Crippen LogP contribution is -1.92. The minimum Gasteiger partial charge on any atom is -0.367 e. The maximum absolute atomic E-state index is 13.7. The van der Waals surface area contributed by atoms with Gasteiger partial charge in [-0.25, -0.2) is 4.39 Å². The summed E-state index contributed by atoms with van der Waals surface area (Å²) in [4.78, 5) is 0. The van der Waals surface area contributed by atoms with E-state index in [0.29, 0.717) is 22.2 Å². The van der Waals surface area contributed by atoms with Gasteiger partial charge in [0.15, 0.2) is 0 Å². The summed E-state index contributed by atoms with van der Waals surface area (Å²) >= 11 is 3.29. The summed E-state index contributed by atoms with van der Waals surface area (Å²) in [6.07, 6.45) is 0.644. The fourth-order valence-electron chi connectivity index (χ4n) is 1.58. The van der Waals surface area contributed by atoms with Crippen LogP contribution in [-0.2, 0) is 6.42 Å². The van der Waals surface area contributed by atoms with Crippen LogP contribution in [0.3, 0.4) is 0 Å². The summed E-state index contributed by atoms with van der Waals surface area (Å²) in [5, 5.41) is 3.81. The largest absolute Gasteiger partial charge is 0.367 e. The molecular weight excluding hydrogens is 275 g/mol. The van der Waals surface area contributed by atoms with Crippen LogP contribution in [0.25, 0.3) is 11.3 Å². The average Bonchev–Trinajstić information content (AvgIpc) is 2.59. The second kappa shape index (κ2) is 4.25. The van der Waals surface area contributed by atoms with Crippen LogP contribution in [0.4, 0.5) is 10.3 Å². The van der Waals surface area contributed by atoms with Gasteiger partial charge in [-0.15, -0.1) is 0 Å². The minimum atomic E-state index is -0.350. The van der Waals surface area contributed by atoms with E-state index < -0.39 is 0 Å². The molecular formula is C11H10BrFN2O. The predicted molar refractivity (Wildman–Crippen MR) is 63.4 cm³/mol. The third-order valence-corrected chi connectivity index (χ3v) is 3.03. The Bertz CT molecular complexity index is 504. The summed E-state index contributed by atoms with van der Waals surface area (Å²) in [5.41, 5.74) is 7.20. The maximum Gasteiger partial charge on any atom is 0.225 e. The molecule has 0 saturated carbocycles. The smallest absolute Gasteiger partial charge is 0.225 e. The van der Waals surface area contributed by atoms with Crippen molar-refractivity contribution in [3.05, 3.63) is 34.1 Å². The quantitative estimate of drug-likeness (QED) is 0.920. The van der Waals surface area contributed by atoms with Crippen LogP contribution in [-0.4, -0.2) is 5.16 Å². The Morgan fingerprint density at radius 2 is 2.25 bits per heavy atom. The van der Waals surface area contributed by atoms with Gasteiger partial charge in [0.05, 0.1) is 5.56 Å². The van der Waals surface area contributed by atoms with Crippen molar-refractivity contribution in [2.24, 2.45) is 0 Å². The molecule has 1 aromatic heterocycles. The molecule has 16 heavy (non-hydrogen) atoms. The van der Waals surface area contributed by atoms with Crippen LogP contribution in [0.2, 0.25) is 0 Å². The number of nitrogen functional groups attached to an aromatic ring is 1. The first-order valence-electron chi connectivity index (χ1n) is 4.83. The number of anilines is 1. The van der Waals surface area contributed by atoms with Gasteiger partial charge >= 0.3 is 0 Å². The van der Waals surface area contributed by atoms with E-state index in [9.17, 15) is 4.39 Å². The van der Waals surface area contributed by atoms with E-state index in [1.54, 1.807) is 12.1 Å². The first-order chi connectivity index (χ1) is 7.65. The first-order valence-corrected chi connectivity index (χ1v) is 5.62. The molecule has 0 spiro atoms. The van der Waals surface area contributed by atoms with Gasteiger partial charge in [0, 0.05) is 10.0 Å². The molecule has 1 heterocycles. The van der Waals surface area contributed by atoms with Crippen molar-refractivity contribution in [3.8, 4) is 11.3 Å². The van der Waals surface area contributed by atoms with E-state index in [1.807, 2.05) is 6.92 Å². The van der Waals surface area contributed by atoms with Crippen molar-refractivity contribution in [1.29, 1.82) is 0 Å². The molecule has 0 aliphatic heterocycles. The molecule has 0 saturated heterocycles. The highest BCUT2D eigenvalue weighted by Crippen LogP contribution is 2.34. The molecule has 2 N–H and O–H groups in total. The molecule has 1 aromatic carbocycles. The molecule has 2 aromatic rings. The van der Waals surface area contributed by atoms with Crippen molar-refractivity contribution >= 4 is 21.8 Å². The number of aromatic nitrogens is 1. The van der Waals surface area contributed by atoms with E-state index in [0.717, 1.165) is 5.56 Å². The van der Waals surface area contributed by atoms with Crippen molar-refractivity contribution in [2.75, 3.05) is 5.73 Å². The van der Waals surface area contributed by atoms with Gasteiger partial charge in [-0.2, -0.15) is 0 Å². The topological polar surface area (TPSA) is 52.0 Å². The Kier molecular flexibility index (Phi) is 2.96. The molecule has 0 unspecified atom stereocenters. The number of benzene rings is 1. The van der Waals surface area contributed by atoms with Crippen molar-refractivity contribution < 1.29 is 8.91 Å². The van der Waals surface area contributed by atoms with Crippen molar-refractivity contribution in [1.82, 2.24) is 5.16 Å². The summed E-state index contributed by atoms with van der Waals surface area (Å²) in [6.45, 7) is 1.92. The van der Waals surface area contributed by atoms with Gasteiger partial charge in [-0.3, -0.25) is 0 Å². The number of hydrogen-bond donors (Lipinski definition) is 1. The van der Waals surface area contributed by atoms with Gasteiger partial charge in [-0.1, -0.05) is 18.1 Å². The lowest BCUT2D eigenvalue weighted by atomic mass is 10.1. The maximum atomic E-state index is 13.7. The highest BCUT2D eigenvalue weighted by molar-refractivity contribution is 9.10. The lowest BCUT2D eigenvalue weighted by Gasteiger charge is -2.03. The van der Waals surface area contributed by atoms with Crippen LogP contribution in [0, 0.1) is 5.82 Å². The zero-order chi connectivity index (χ0) is 11.7. The predicted octanol–water partition coefficient (Wildman–Crippen LogP) is 3.39. The second-order valence-corrected chi connectivity index (χ2v) is 4.18. The van der Waals surface area contributed by atoms with Crippen molar-refractivity contribution in [3.63, 3.8) is 0 Å². The number of nitrogens with two attached hydrogens (primary N) is 1. The third-order valence-electron chi connectivity index (χ3n) is 2.37. The summed E-state index contributed by atoms with van der Waals surface area (Å²) in [6, 6.07) is 4.76. The minimum absolute atomic E-state index is 0.243. The molecule has 0 amide bonds. The normalized spacial score (nSPS) is 10.7. The molecule has 84 valence electrons. The molecule has 0 atom stereocenters. The van der Waals surface area contributed by atoms with E-state index in [-0.39, 0.29) is 11.7 Å². The fourth-order valence-corrected chi connectivity index (χ4v) is 2.11. The summed E-state index contributed by atoms with van der Waals surface area (Å²) in [5.74, 6) is -0.106. The van der Waals surface area contributed by atoms with Crippen LogP contribution in [0.1, 0.15) is 12.5 Å². The monoisotopic (exact) mass is 284 g/mol. The number of halogens is 2. The number of rotatable bonds is 2. The fraction of sp³-hybridized carbons (Fsp3) is 0.182. The molecule has 5 heteroatoms. The number of hydrogen-bond acceptors (Lipinski definition) is 3. The van der Waals surface area contributed by atoms with E-state index in [2.05, 4.69) is 21.1 Å². The average molecular weight is 285 g/mol. The zero-order valence-corrected chi connectivity index (χ0v) is 10.2. The molecule has 2 rings (SSSR count). The summed E-state index contributed by atoms with van der Waals surface area (Å²) < 4.78 is 19.2. The van der Waals surface area contributed by atoms with Gasteiger partial charge in [0.25, 0.3) is 0 Å². The molecule has 0 bridgehead atoms. The van der Waals surface area contributed by atoms with E-state index in [1.165, 1.54) is 6.07 Å². The van der Waals surface area contributed by atoms with Gasteiger partial charge in [-0.05, 0) is 34.5 Å². The van der Waals surface area contributed by atoms with Crippen LogP contribution in [0.15, 0.2) is 27.2 Å². The van der Waals surface area contributed by atoms with Gasteiger partial charge < -0.3 is 10.3 Å². The highest BCUT2D eigenvalue weighted by atomic mass is 79.9. The van der Waals surface area contributed by atoms with Crippen molar-refractivity contribution in [2.45, 2.75) is 13.3 Å². The summed E-state index contributed by atoms with van der Waals surface area (Å²) in [7, 11) is 0. The standard InChI is InChI=1S/C11H10BrFN2O/c1-2-6-10(15-16-11(6)14)9-7(12)4-3-5-8(9)13/h3-5H,2,14H2,1H3. The third kappa shape index (κ3) is 1.71. The number of nitrogens with zero attached hydrogens (tertiary/aromatic N) is 1. The Balaban J connectivity index is 2.67. The Morgan fingerprint density at radius 1 is 1.50 bits per heavy atom. The molecule has 0 radical (unpaired) electrons. The van der Waals surface area contributed by atoms with E-state index >= 15 is 0 Å². The Labute approximate surface area is 101 Å². The first kappa shape index (κ1) is 11.1. The van der Waals surface area contributed by atoms with Gasteiger partial charge in [0.1, 0.15) is 11.5 Å². The van der Waals surface area contributed by atoms with Gasteiger partial charge in [0.2, 0.25) is 5.88 Å². The van der Waals surface area contributed by atoms with Crippen LogP contribution >= 0.6 is 15.9 Å². The van der Waals surface area contributed by atoms with Crippen LogP contribution < -0.4 is 5.73 Å². The Morgan fingerprint density at radius 3 is 2.88 bits per heavy atom. The molecule has 3 nitrogen and oxygen atoms in total.